The number of halogens is 2. The van der Waals surface area contributed by atoms with Gasteiger partial charge in [0.2, 0.25) is 0 Å². The second kappa shape index (κ2) is 6.45. The zero-order chi connectivity index (χ0) is 14.5. The summed E-state index contributed by atoms with van der Waals surface area (Å²) in [5.74, 6) is 0.733. The molecule has 2 N–H and O–H groups in total. The first-order chi connectivity index (χ1) is 9.60. The van der Waals surface area contributed by atoms with Gasteiger partial charge in [0.25, 0.3) is 0 Å². The van der Waals surface area contributed by atoms with Crippen LogP contribution >= 0.6 is 23.2 Å². The molecule has 1 heterocycles. The largest absolute Gasteiger partial charge is 0.412 e. The molecule has 0 saturated heterocycles. The van der Waals surface area contributed by atoms with Gasteiger partial charge >= 0.3 is 6.09 Å². The molecule has 104 valence electrons. The molecule has 0 spiro atoms. The molecule has 20 heavy (non-hydrogen) atoms. The van der Waals surface area contributed by atoms with Crippen molar-refractivity contribution in [3.8, 4) is 5.75 Å². The van der Waals surface area contributed by atoms with Gasteiger partial charge in [0.15, 0.2) is 5.75 Å². The van der Waals surface area contributed by atoms with Gasteiger partial charge in [0.05, 0.1) is 10.7 Å². The summed E-state index contributed by atoms with van der Waals surface area (Å²) in [6.45, 7) is 0. The Balaban J connectivity index is 2.31. The molecular formula is C13H11Cl2N3O2. The van der Waals surface area contributed by atoms with Crippen molar-refractivity contribution in [3.63, 3.8) is 0 Å². The highest BCUT2D eigenvalue weighted by atomic mass is 35.5. The Morgan fingerprint density at radius 3 is 2.80 bits per heavy atom. The number of nitrogens with one attached hydrogen (secondary N) is 2. The molecule has 0 saturated carbocycles. The summed E-state index contributed by atoms with van der Waals surface area (Å²) in [6.07, 6.45) is 1.01. The van der Waals surface area contributed by atoms with Crippen LogP contribution in [-0.2, 0) is 0 Å². The van der Waals surface area contributed by atoms with Gasteiger partial charge in [-0.3, -0.25) is 0 Å². The van der Waals surface area contributed by atoms with Crippen LogP contribution in [0.5, 0.6) is 5.75 Å². The van der Waals surface area contributed by atoms with Gasteiger partial charge in [0, 0.05) is 24.3 Å². The number of hydrogen-bond acceptors (Lipinski definition) is 4. The Hall–Kier alpha value is -1.98. The van der Waals surface area contributed by atoms with E-state index in [1.54, 1.807) is 30.5 Å². The number of hydrogen-bond donors (Lipinski definition) is 2. The maximum atomic E-state index is 11.3. The van der Waals surface area contributed by atoms with Crippen molar-refractivity contribution in [3.05, 3.63) is 46.6 Å². The molecule has 1 aromatic carbocycles. The normalized spacial score (nSPS) is 9.95. The van der Waals surface area contributed by atoms with E-state index in [1.807, 2.05) is 0 Å². The van der Waals surface area contributed by atoms with Crippen molar-refractivity contribution in [2.45, 2.75) is 0 Å². The predicted octanol–water partition coefficient (Wildman–Crippen LogP) is 3.85. The Morgan fingerprint density at radius 1 is 1.30 bits per heavy atom. The van der Waals surface area contributed by atoms with Crippen molar-refractivity contribution in [1.82, 2.24) is 10.3 Å². The van der Waals surface area contributed by atoms with E-state index in [2.05, 4.69) is 15.6 Å². The van der Waals surface area contributed by atoms with Gasteiger partial charge in [-0.15, -0.1) is 0 Å². The first kappa shape index (κ1) is 14.4. The Bertz CT molecular complexity index is 635. The van der Waals surface area contributed by atoms with E-state index in [9.17, 15) is 4.79 Å². The lowest BCUT2D eigenvalue weighted by Gasteiger charge is -2.12. The molecule has 2 rings (SSSR count). The molecule has 7 heteroatoms. The third-order valence-corrected chi connectivity index (χ3v) is 2.90. The Morgan fingerprint density at radius 2 is 2.10 bits per heavy atom. The molecule has 0 atom stereocenters. The van der Waals surface area contributed by atoms with Crippen LogP contribution in [0, 0.1) is 0 Å². The molecule has 1 amide bonds. The number of ether oxygens (including phenoxy) is 1. The maximum Gasteiger partial charge on any atom is 0.412 e. The monoisotopic (exact) mass is 311 g/mol. The maximum absolute atomic E-state index is 11.3. The SMILES string of the molecule is CNC(=O)Oc1cc(Cl)ccc1Nc1ncccc1Cl. The van der Waals surface area contributed by atoms with Gasteiger partial charge in [0.1, 0.15) is 5.82 Å². The number of amides is 1. The molecule has 0 radical (unpaired) electrons. The zero-order valence-electron chi connectivity index (χ0n) is 10.5. The highest BCUT2D eigenvalue weighted by molar-refractivity contribution is 6.33. The summed E-state index contributed by atoms with van der Waals surface area (Å²) in [5, 5.41) is 6.25. The topological polar surface area (TPSA) is 63.2 Å². The zero-order valence-corrected chi connectivity index (χ0v) is 12.0. The fourth-order valence-electron chi connectivity index (χ4n) is 1.44. The molecule has 0 unspecified atom stereocenters. The predicted molar refractivity (Wildman–Crippen MR) is 79.1 cm³/mol. The van der Waals surface area contributed by atoms with Crippen LogP contribution < -0.4 is 15.4 Å². The minimum absolute atomic E-state index is 0.276. The van der Waals surface area contributed by atoms with E-state index < -0.39 is 6.09 Å². The standard InChI is InChI=1S/C13H11Cl2N3O2/c1-16-13(19)20-11-7-8(14)4-5-10(11)18-12-9(15)3-2-6-17-12/h2-7H,1H3,(H,16,19)(H,17,18). The number of benzene rings is 1. The number of rotatable bonds is 3. The smallest absolute Gasteiger partial charge is 0.408 e. The molecule has 0 aliphatic carbocycles. The molecule has 0 bridgehead atoms. The average Bonchev–Trinajstić information content (AvgIpc) is 2.44. The second-order valence-corrected chi connectivity index (χ2v) is 4.58. The van der Waals surface area contributed by atoms with Crippen molar-refractivity contribution in [1.29, 1.82) is 0 Å². The number of aromatic nitrogens is 1. The number of carbonyl (C=O) groups excluding carboxylic acids is 1. The van der Waals surface area contributed by atoms with Gasteiger partial charge in [-0.1, -0.05) is 23.2 Å². The van der Waals surface area contributed by atoms with E-state index in [0.717, 1.165) is 0 Å². The minimum Gasteiger partial charge on any atom is -0.408 e. The molecule has 0 aliphatic heterocycles. The van der Waals surface area contributed by atoms with Gasteiger partial charge in [-0.05, 0) is 24.3 Å². The van der Waals surface area contributed by atoms with Crippen LogP contribution in [0.3, 0.4) is 0 Å². The van der Waals surface area contributed by atoms with Crippen molar-refractivity contribution in [2.24, 2.45) is 0 Å². The lowest BCUT2D eigenvalue weighted by molar-refractivity contribution is 0.203. The van der Waals surface area contributed by atoms with Gasteiger partial charge < -0.3 is 15.4 Å². The summed E-state index contributed by atoms with van der Waals surface area (Å²) < 4.78 is 5.12. The van der Waals surface area contributed by atoms with Crippen molar-refractivity contribution >= 4 is 40.8 Å². The van der Waals surface area contributed by atoms with Crippen LogP contribution in [0.4, 0.5) is 16.3 Å². The molecule has 2 aromatic rings. The fourth-order valence-corrected chi connectivity index (χ4v) is 1.77. The third kappa shape index (κ3) is 3.53. The summed E-state index contributed by atoms with van der Waals surface area (Å²) in [7, 11) is 1.47. The van der Waals surface area contributed by atoms with E-state index in [0.29, 0.717) is 21.6 Å². The van der Waals surface area contributed by atoms with E-state index >= 15 is 0 Å². The van der Waals surface area contributed by atoms with Crippen molar-refractivity contribution in [2.75, 3.05) is 12.4 Å². The second-order valence-electron chi connectivity index (χ2n) is 3.74. The lowest BCUT2D eigenvalue weighted by atomic mass is 10.3. The first-order valence-electron chi connectivity index (χ1n) is 5.67. The molecular weight excluding hydrogens is 301 g/mol. The summed E-state index contributed by atoms with van der Waals surface area (Å²) >= 11 is 11.9. The van der Waals surface area contributed by atoms with Crippen LogP contribution in [-0.4, -0.2) is 18.1 Å². The lowest BCUT2D eigenvalue weighted by Crippen LogP contribution is -2.22. The van der Waals surface area contributed by atoms with E-state index in [1.165, 1.54) is 13.1 Å². The number of pyridine rings is 1. The van der Waals surface area contributed by atoms with E-state index in [-0.39, 0.29) is 5.75 Å². The van der Waals surface area contributed by atoms with Gasteiger partial charge in [-0.25, -0.2) is 9.78 Å². The molecule has 5 nitrogen and oxygen atoms in total. The molecule has 0 fully saturated rings. The van der Waals surface area contributed by atoms with E-state index in [4.69, 9.17) is 27.9 Å². The Labute approximate surface area is 125 Å². The third-order valence-electron chi connectivity index (χ3n) is 2.36. The van der Waals surface area contributed by atoms with Crippen LogP contribution in [0.15, 0.2) is 36.5 Å². The Kier molecular flexibility index (Phi) is 4.65. The average molecular weight is 312 g/mol. The number of carbonyl (C=O) groups is 1. The van der Waals surface area contributed by atoms with Gasteiger partial charge in [-0.2, -0.15) is 0 Å². The fraction of sp³-hybridized carbons (Fsp3) is 0.0769. The number of anilines is 2. The molecule has 0 aliphatic rings. The summed E-state index contributed by atoms with van der Waals surface area (Å²) in [4.78, 5) is 15.4. The van der Waals surface area contributed by atoms with Crippen LogP contribution in [0.1, 0.15) is 0 Å². The van der Waals surface area contributed by atoms with Crippen LogP contribution in [0.2, 0.25) is 10.0 Å². The van der Waals surface area contributed by atoms with Crippen molar-refractivity contribution < 1.29 is 9.53 Å². The van der Waals surface area contributed by atoms with Crippen LogP contribution in [0.25, 0.3) is 0 Å². The highest BCUT2D eigenvalue weighted by Gasteiger charge is 2.11. The first-order valence-corrected chi connectivity index (χ1v) is 6.42. The summed E-state index contributed by atoms with van der Waals surface area (Å²) in [6, 6.07) is 8.28. The number of nitrogens with zero attached hydrogens (tertiary/aromatic N) is 1. The molecule has 1 aromatic heterocycles. The highest BCUT2D eigenvalue weighted by Crippen LogP contribution is 2.32. The minimum atomic E-state index is -0.595. The quantitative estimate of drug-likeness (QED) is 0.903. The summed E-state index contributed by atoms with van der Waals surface area (Å²) in [5.41, 5.74) is 0.526.